The Morgan fingerprint density at radius 2 is 1.89 bits per heavy atom. The maximum absolute atomic E-state index is 13.1. The largest absolute Gasteiger partial charge is 0.445 e. The highest BCUT2D eigenvalue weighted by atomic mass is 16.6. The fourth-order valence-electron chi connectivity index (χ4n) is 4.62. The number of hydrogen-bond acceptors (Lipinski definition) is 6. The second-order valence-electron chi connectivity index (χ2n) is 10.9. The van der Waals surface area contributed by atoms with Gasteiger partial charge in [-0.25, -0.2) is 9.59 Å². The van der Waals surface area contributed by atoms with E-state index in [-0.39, 0.29) is 31.5 Å². The van der Waals surface area contributed by atoms with Crippen molar-refractivity contribution in [3.63, 3.8) is 0 Å². The maximum Gasteiger partial charge on any atom is 0.411 e. The molecule has 0 saturated carbocycles. The molecule has 36 heavy (non-hydrogen) atoms. The van der Waals surface area contributed by atoms with Crippen molar-refractivity contribution < 1.29 is 23.9 Å². The summed E-state index contributed by atoms with van der Waals surface area (Å²) in [6.45, 7) is 10.6. The van der Waals surface area contributed by atoms with Crippen molar-refractivity contribution in [3.05, 3.63) is 47.2 Å². The van der Waals surface area contributed by atoms with E-state index in [1.807, 2.05) is 65.0 Å². The zero-order valence-electron chi connectivity index (χ0n) is 21.6. The van der Waals surface area contributed by atoms with E-state index in [9.17, 15) is 14.4 Å². The summed E-state index contributed by atoms with van der Waals surface area (Å²) in [7, 11) is 0. The Bertz CT molecular complexity index is 1120. The predicted molar refractivity (Wildman–Crippen MR) is 133 cm³/mol. The number of nitrogens with zero attached hydrogens (tertiary/aromatic N) is 3. The van der Waals surface area contributed by atoms with Crippen LogP contribution in [0.2, 0.25) is 0 Å². The minimum Gasteiger partial charge on any atom is -0.445 e. The Labute approximate surface area is 211 Å². The fourth-order valence-corrected chi connectivity index (χ4v) is 4.62. The van der Waals surface area contributed by atoms with Crippen molar-refractivity contribution >= 4 is 23.9 Å². The summed E-state index contributed by atoms with van der Waals surface area (Å²) in [4.78, 5) is 41.7. The summed E-state index contributed by atoms with van der Waals surface area (Å²) in [5.74, 6) is -0.192. The molecule has 10 heteroatoms. The number of nitrogens with one attached hydrogen (secondary N) is 2. The number of ether oxygens (including phenoxy) is 2. The normalized spacial score (nSPS) is 19.0. The summed E-state index contributed by atoms with van der Waals surface area (Å²) in [6, 6.07) is 9.48. The summed E-state index contributed by atoms with van der Waals surface area (Å²) >= 11 is 0. The average molecular weight is 498 g/mol. The second-order valence-corrected chi connectivity index (χ2v) is 10.9. The van der Waals surface area contributed by atoms with E-state index < -0.39 is 23.3 Å². The SMILES string of the molecule is CC(C)(C)OC(=O)N1Cc2c(NC(=O)[C@@H]3CCCN(C(=O)OCc4ccccc4)C3)n[nH]c2C1(C)C. The lowest BCUT2D eigenvalue weighted by Gasteiger charge is -2.33. The number of rotatable bonds is 4. The summed E-state index contributed by atoms with van der Waals surface area (Å²) < 4.78 is 11.0. The average Bonchev–Trinajstić information content (AvgIpc) is 3.35. The van der Waals surface area contributed by atoms with Gasteiger partial charge in [-0.1, -0.05) is 30.3 Å². The third-order valence-electron chi connectivity index (χ3n) is 6.58. The quantitative estimate of drug-likeness (QED) is 0.647. The molecule has 3 amide bonds. The molecule has 2 N–H and O–H groups in total. The molecule has 0 spiro atoms. The van der Waals surface area contributed by atoms with Crippen molar-refractivity contribution in [2.75, 3.05) is 18.4 Å². The lowest BCUT2D eigenvalue weighted by atomic mass is 9.97. The number of hydrogen-bond donors (Lipinski definition) is 2. The second kappa shape index (κ2) is 9.83. The van der Waals surface area contributed by atoms with E-state index in [4.69, 9.17) is 9.47 Å². The zero-order valence-corrected chi connectivity index (χ0v) is 21.6. The highest BCUT2D eigenvalue weighted by Crippen LogP contribution is 2.41. The first-order chi connectivity index (χ1) is 17.0. The first kappa shape index (κ1) is 25.5. The first-order valence-corrected chi connectivity index (χ1v) is 12.3. The highest BCUT2D eigenvalue weighted by molar-refractivity contribution is 5.93. The van der Waals surface area contributed by atoms with E-state index in [2.05, 4.69) is 15.5 Å². The van der Waals surface area contributed by atoms with Crippen LogP contribution in [-0.2, 0) is 33.0 Å². The van der Waals surface area contributed by atoms with Gasteiger partial charge in [0.2, 0.25) is 5.91 Å². The summed E-state index contributed by atoms with van der Waals surface area (Å²) in [5.41, 5.74) is 1.14. The van der Waals surface area contributed by atoms with Crippen molar-refractivity contribution in [1.82, 2.24) is 20.0 Å². The molecule has 10 nitrogen and oxygen atoms in total. The number of amides is 3. The molecule has 0 radical (unpaired) electrons. The van der Waals surface area contributed by atoms with E-state index in [0.717, 1.165) is 16.8 Å². The van der Waals surface area contributed by atoms with Crippen LogP contribution in [0.3, 0.4) is 0 Å². The van der Waals surface area contributed by atoms with Crippen LogP contribution in [0.5, 0.6) is 0 Å². The Balaban J connectivity index is 1.37. The molecule has 0 aliphatic carbocycles. The first-order valence-electron chi connectivity index (χ1n) is 12.3. The predicted octanol–water partition coefficient (Wildman–Crippen LogP) is 4.38. The molecule has 0 bridgehead atoms. The monoisotopic (exact) mass is 497 g/mol. The highest BCUT2D eigenvalue weighted by Gasteiger charge is 2.45. The van der Waals surface area contributed by atoms with Gasteiger partial charge in [-0.15, -0.1) is 0 Å². The lowest BCUT2D eigenvalue weighted by molar-refractivity contribution is -0.121. The molecule has 1 aromatic carbocycles. The molecule has 4 rings (SSSR count). The number of benzene rings is 1. The van der Waals surface area contributed by atoms with Crippen LogP contribution in [0.1, 0.15) is 64.3 Å². The van der Waals surface area contributed by atoms with Crippen LogP contribution in [-0.4, -0.2) is 56.8 Å². The molecule has 2 aromatic rings. The van der Waals surface area contributed by atoms with Gasteiger partial charge in [-0.2, -0.15) is 5.10 Å². The molecule has 1 fully saturated rings. The van der Waals surface area contributed by atoms with Gasteiger partial charge in [0, 0.05) is 18.7 Å². The Morgan fingerprint density at radius 1 is 1.17 bits per heavy atom. The number of aromatic nitrogens is 2. The number of anilines is 1. The number of fused-ring (bicyclic) bond motifs is 1. The molecule has 194 valence electrons. The lowest BCUT2D eigenvalue weighted by Crippen LogP contribution is -2.44. The van der Waals surface area contributed by atoms with Gasteiger partial charge in [0.15, 0.2) is 5.82 Å². The fraction of sp³-hybridized carbons (Fsp3) is 0.538. The van der Waals surface area contributed by atoms with Crippen LogP contribution in [0.15, 0.2) is 30.3 Å². The van der Waals surface area contributed by atoms with E-state index in [1.165, 1.54) is 0 Å². The smallest absolute Gasteiger partial charge is 0.411 e. The Morgan fingerprint density at radius 3 is 2.58 bits per heavy atom. The molecular weight excluding hydrogens is 462 g/mol. The molecule has 0 unspecified atom stereocenters. The molecular formula is C26H35N5O5. The van der Waals surface area contributed by atoms with Gasteiger partial charge in [-0.3, -0.25) is 14.8 Å². The molecule has 2 aliphatic heterocycles. The molecule has 1 aromatic heterocycles. The standard InChI is InChI=1S/C26H35N5O5/c1-25(2,3)36-24(34)31-15-19-20(26(31,4)5)28-29-21(19)27-22(32)18-12-9-13-30(14-18)23(33)35-16-17-10-7-6-8-11-17/h6-8,10-11,18H,9,12-16H2,1-5H3,(H2,27,28,29,32)/t18-/m1/s1. The Hall–Kier alpha value is -3.56. The number of carbonyl (C=O) groups is 3. The van der Waals surface area contributed by atoms with Gasteiger partial charge in [-0.05, 0) is 53.0 Å². The summed E-state index contributed by atoms with van der Waals surface area (Å²) in [6.07, 6.45) is 0.519. The molecule has 3 heterocycles. The van der Waals surface area contributed by atoms with Crippen LogP contribution < -0.4 is 5.32 Å². The zero-order chi connectivity index (χ0) is 26.1. The van der Waals surface area contributed by atoms with Gasteiger partial charge < -0.3 is 19.7 Å². The minimum atomic E-state index is -0.669. The van der Waals surface area contributed by atoms with Crippen LogP contribution in [0.4, 0.5) is 15.4 Å². The number of aromatic amines is 1. The van der Waals surface area contributed by atoms with Crippen LogP contribution >= 0.6 is 0 Å². The van der Waals surface area contributed by atoms with Crippen molar-refractivity contribution in [3.8, 4) is 0 Å². The van der Waals surface area contributed by atoms with Crippen molar-refractivity contribution in [2.45, 2.75) is 71.8 Å². The molecule has 2 aliphatic rings. The third kappa shape index (κ3) is 5.47. The number of H-pyrrole nitrogens is 1. The molecule has 1 atom stereocenters. The van der Waals surface area contributed by atoms with Gasteiger partial charge in [0.1, 0.15) is 12.2 Å². The summed E-state index contributed by atoms with van der Waals surface area (Å²) in [5, 5.41) is 10.2. The van der Waals surface area contributed by atoms with Crippen LogP contribution in [0, 0.1) is 5.92 Å². The Kier molecular flexibility index (Phi) is 6.97. The minimum absolute atomic E-state index is 0.191. The van der Waals surface area contributed by atoms with E-state index in [1.54, 1.807) is 9.80 Å². The van der Waals surface area contributed by atoms with Crippen molar-refractivity contribution in [2.24, 2.45) is 5.92 Å². The maximum atomic E-state index is 13.1. The topological polar surface area (TPSA) is 117 Å². The number of carbonyl (C=O) groups excluding carboxylic acids is 3. The third-order valence-corrected chi connectivity index (χ3v) is 6.58. The van der Waals surface area contributed by atoms with Crippen molar-refractivity contribution in [1.29, 1.82) is 0 Å². The van der Waals surface area contributed by atoms with E-state index in [0.29, 0.717) is 25.2 Å². The number of likely N-dealkylation sites (tertiary alicyclic amines) is 1. The van der Waals surface area contributed by atoms with Gasteiger partial charge >= 0.3 is 12.2 Å². The van der Waals surface area contributed by atoms with Crippen LogP contribution in [0.25, 0.3) is 0 Å². The molecule has 1 saturated heterocycles. The van der Waals surface area contributed by atoms with Gasteiger partial charge in [0.05, 0.1) is 23.7 Å². The number of piperidine rings is 1. The van der Waals surface area contributed by atoms with E-state index >= 15 is 0 Å². The van der Waals surface area contributed by atoms with Gasteiger partial charge in [0.25, 0.3) is 0 Å².